The van der Waals surface area contributed by atoms with Gasteiger partial charge in [0, 0.05) is 18.8 Å². The molecule has 0 bridgehead atoms. The highest BCUT2D eigenvalue weighted by Gasteiger charge is 2.08. The van der Waals surface area contributed by atoms with E-state index in [-0.39, 0.29) is 18.2 Å². The van der Waals surface area contributed by atoms with Crippen LogP contribution >= 0.6 is 11.3 Å². The number of nitrogens with zero attached hydrogens (tertiary/aromatic N) is 1. The van der Waals surface area contributed by atoms with Gasteiger partial charge in [0.25, 0.3) is 0 Å². The number of carbonyl (C=O) groups is 2. The van der Waals surface area contributed by atoms with Crippen LogP contribution in [0.15, 0.2) is 5.38 Å². The number of carbonyl (C=O) groups excluding carboxylic acids is 2. The maximum Gasteiger partial charge on any atom is 0.226 e. The Bertz CT molecular complexity index is 415. The maximum absolute atomic E-state index is 11.6. The Morgan fingerprint density at radius 3 is 2.78 bits per heavy atom. The first-order valence-corrected chi connectivity index (χ1v) is 6.84. The fourth-order valence-corrected chi connectivity index (χ4v) is 2.08. The Morgan fingerprint density at radius 1 is 1.44 bits per heavy atom. The van der Waals surface area contributed by atoms with Crippen LogP contribution < -0.4 is 10.6 Å². The minimum atomic E-state index is -0.155. The zero-order valence-corrected chi connectivity index (χ0v) is 11.8. The zero-order chi connectivity index (χ0) is 13.5. The summed E-state index contributed by atoms with van der Waals surface area (Å²) in [5.41, 5.74) is 0.686. The summed E-state index contributed by atoms with van der Waals surface area (Å²) in [6.45, 7) is 6.36. The summed E-state index contributed by atoms with van der Waals surface area (Å²) < 4.78 is 0. The molecule has 0 unspecified atom stereocenters. The third kappa shape index (κ3) is 5.77. The van der Waals surface area contributed by atoms with Crippen molar-refractivity contribution in [3.05, 3.63) is 11.1 Å². The summed E-state index contributed by atoms with van der Waals surface area (Å²) in [6, 6.07) is 0. The molecule has 0 fully saturated rings. The molecule has 2 N–H and O–H groups in total. The van der Waals surface area contributed by atoms with Crippen LogP contribution in [-0.2, 0) is 16.0 Å². The van der Waals surface area contributed by atoms with Crippen LogP contribution in [0.2, 0.25) is 0 Å². The van der Waals surface area contributed by atoms with Crippen molar-refractivity contribution in [1.29, 1.82) is 0 Å². The van der Waals surface area contributed by atoms with E-state index in [4.69, 9.17) is 0 Å². The average Bonchev–Trinajstić information content (AvgIpc) is 2.63. The smallest absolute Gasteiger partial charge is 0.226 e. The van der Waals surface area contributed by atoms with Crippen molar-refractivity contribution in [2.75, 3.05) is 11.9 Å². The molecule has 0 saturated heterocycles. The molecule has 0 aliphatic rings. The zero-order valence-electron chi connectivity index (χ0n) is 10.9. The summed E-state index contributed by atoms with van der Waals surface area (Å²) in [5.74, 6) is 0.392. The second kappa shape index (κ2) is 7.10. The van der Waals surface area contributed by atoms with Gasteiger partial charge >= 0.3 is 0 Å². The molecule has 5 nitrogen and oxygen atoms in total. The average molecular weight is 269 g/mol. The molecule has 0 aromatic carbocycles. The van der Waals surface area contributed by atoms with Crippen molar-refractivity contribution in [2.24, 2.45) is 5.92 Å². The molecule has 0 saturated carbocycles. The molecule has 1 aromatic heterocycles. The Labute approximate surface area is 111 Å². The SMILES string of the molecule is CC(=O)Nc1nc(CC(=O)NCCC(C)C)cs1. The van der Waals surface area contributed by atoms with Crippen LogP contribution in [0.3, 0.4) is 0 Å². The predicted octanol–water partition coefficient (Wildman–Crippen LogP) is 1.81. The molecular formula is C12H19N3O2S. The van der Waals surface area contributed by atoms with Gasteiger partial charge in [-0.05, 0) is 12.3 Å². The summed E-state index contributed by atoms with van der Waals surface area (Å²) in [7, 11) is 0. The van der Waals surface area contributed by atoms with Crippen molar-refractivity contribution in [2.45, 2.75) is 33.6 Å². The molecule has 0 aliphatic heterocycles. The molecule has 0 radical (unpaired) electrons. The van der Waals surface area contributed by atoms with E-state index in [0.717, 1.165) is 6.42 Å². The van der Waals surface area contributed by atoms with E-state index in [1.807, 2.05) is 0 Å². The first kappa shape index (κ1) is 14.6. The number of amides is 2. The lowest BCUT2D eigenvalue weighted by atomic mass is 10.1. The molecular weight excluding hydrogens is 250 g/mol. The van der Waals surface area contributed by atoms with Gasteiger partial charge in [0.05, 0.1) is 12.1 Å². The van der Waals surface area contributed by atoms with E-state index in [1.165, 1.54) is 18.3 Å². The number of rotatable bonds is 6. The van der Waals surface area contributed by atoms with Crippen molar-refractivity contribution in [3.63, 3.8) is 0 Å². The van der Waals surface area contributed by atoms with Gasteiger partial charge in [0.2, 0.25) is 11.8 Å². The van der Waals surface area contributed by atoms with Gasteiger partial charge in [-0.2, -0.15) is 0 Å². The quantitative estimate of drug-likeness (QED) is 0.827. The second-order valence-electron chi connectivity index (χ2n) is 4.53. The van der Waals surface area contributed by atoms with Gasteiger partial charge in [0.1, 0.15) is 0 Å². The highest BCUT2D eigenvalue weighted by molar-refractivity contribution is 7.13. The van der Waals surface area contributed by atoms with Gasteiger partial charge in [-0.3, -0.25) is 9.59 Å². The molecule has 100 valence electrons. The number of nitrogens with one attached hydrogen (secondary N) is 2. The fourth-order valence-electron chi connectivity index (χ4n) is 1.32. The van der Waals surface area contributed by atoms with Gasteiger partial charge < -0.3 is 10.6 Å². The Morgan fingerprint density at radius 2 is 2.17 bits per heavy atom. The number of anilines is 1. The summed E-state index contributed by atoms with van der Waals surface area (Å²) >= 11 is 1.33. The van der Waals surface area contributed by atoms with Crippen LogP contribution in [0, 0.1) is 5.92 Å². The van der Waals surface area contributed by atoms with E-state index in [0.29, 0.717) is 23.3 Å². The highest BCUT2D eigenvalue weighted by Crippen LogP contribution is 2.15. The lowest BCUT2D eigenvalue weighted by molar-refractivity contribution is -0.120. The van der Waals surface area contributed by atoms with Crippen LogP contribution in [0.4, 0.5) is 5.13 Å². The van der Waals surface area contributed by atoms with Gasteiger partial charge in [-0.25, -0.2) is 4.98 Å². The fraction of sp³-hybridized carbons (Fsp3) is 0.583. The molecule has 18 heavy (non-hydrogen) atoms. The third-order valence-electron chi connectivity index (χ3n) is 2.22. The normalized spacial score (nSPS) is 10.4. The minimum Gasteiger partial charge on any atom is -0.356 e. The molecule has 0 atom stereocenters. The van der Waals surface area contributed by atoms with Gasteiger partial charge in [0.15, 0.2) is 5.13 Å². The van der Waals surface area contributed by atoms with Crippen molar-refractivity contribution < 1.29 is 9.59 Å². The van der Waals surface area contributed by atoms with Gasteiger partial charge in [-0.15, -0.1) is 11.3 Å². The number of hydrogen-bond acceptors (Lipinski definition) is 4. The van der Waals surface area contributed by atoms with E-state index >= 15 is 0 Å². The topological polar surface area (TPSA) is 71.1 Å². The first-order chi connectivity index (χ1) is 8.47. The van der Waals surface area contributed by atoms with Gasteiger partial charge in [-0.1, -0.05) is 13.8 Å². The highest BCUT2D eigenvalue weighted by atomic mass is 32.1. The van der Waals surface area contributed by atoms with E-state index < -0.39 is 0 Å². The largest absolute Gasteiger partial charge is 0.356 e. The lowest BCUT2D eigenvalue weighted by Crippen LogP contribution is -2.26. The van der Waals surface area contributed by atoms with Crippen LogP contribution in [0.1, 0.15) is 32.9 Å². The van der Waals surface area contributed by atoms with E-state index in [2.05, 4.69) is 29.5 Å². The second-order valence-corrected chi connectivity index (χ2v) is 5.39. The monoisotopic (exact) mass is 269 g/mol. The molecule has 1 rings (SSSR count). The molecule has 0 aliphatic carbocycles. The summed E-state index contributed by atoms with van der Waals surface area (Å²) in [6.07, 6.45) is 1.23. The summed E-state index contributed by atoms with van der Waals surface area (Å²) in [5, 5.41) is 7.76. The van der Waals surface area contributed by atoms with Crippen molar-refractivity contribution in [3.8, 4) is 0 Å². The Balaban J connectivity index is 2.35. The minimum absolute atomic E-state index is 0.0321. The third-order valence-corrected chi connectivity index (χ3v) is 3.03. The molecule has 2 amide bonds. The van der Waals surface area contributed by atoms with E-state index in [9.17, 15) is 9.59 Å². The molecule has 1 heterocycles. The lowest BCUT2D eigenvalue weighted by Gasteiger charge is -2.05. The first-order valence-electron chi connectivity index (χ1n) is 5.96. The standard InChI is InChI=1S/C12H19N3O2S/c1-8(2)4-5-13-11(17)6-10-7-18-12(15-10)14-9(3)16/h7-8H,4-6H2,1-3H3,(H,13,17)(H,14,15,16). The van der Waals surface area contributed by atoms with Crippen LogP contribution in [0.5, 0.6) is 0 Å². The Hall–Kier alpha value is -1.43. The predicted molar refractivity (Wildman–Crippen MR) is 72.6 cm³/mol. The summed E-state index contributed by atoms with van der Waals surface area (Å²) in [4.78, 5) is 26.6. The van der Waals surface area contributed by atoms with E-state index in [1.54, 1.807) is 5.38 Å². The molecule has 6 heteroatoms. The Kier molecular flexibility index (Phi) is 5.77. The maximum atomic E-state index is 11.6. The van der Waals surface area contributed by atoms with Crippen LogP contribution in [-0.4, -0.2) is 23.3 Å². The number of hydrogen-bond donors (Lipinski definition) is 2. The number of thiazole rings is 1. The van der Waals surface area contributed by atoms with Crippen molar-refractivity contribution >= 4 is 28.3 Å². The van der Waals surface area contributed by atoms with Crippen LogP contribution in [0.25, 0.3) is 0 Å². The van der Waals surface area contributed by atoms with Crippen molar-refractivity contribution in [1.82, 2.24) is 10.3 Å². The molecule has 1 aromatic rings. The number of aromatic nitrogens is 1. The molecule has 0 spiro atoms.